The molecule has 0 bridgehead atoms. The lowest BCUT2D eigenvalue weighted by Crippen LogP contribution is -2.45. The van der Waals surface area contributed by atoms with E-state index in [1.54, 1.807) is 6.08 Å². The molecule has 3 unspecified atom stereocenters. The summed E-state index contributed by atoms with van der Waals surface area (Å²) >= 11 is 0. The van der Waals surface area contributed by atoms with E-state index < -0.39 is 26.6 Å². The Kier molecular flexibility index (Phi) is 41.2. The monoisotopic (exact) mass is 863 g/mol. The molecule has 2 N–H and O–H groups in total. The van der Waals surface area contributed by atoms with E-state index >= 15 is 0 Å². The number of rotatable bonds is 44. The van der Waals surface area contributed by atoms with E-state index in [1.165, 1.54) is 122 Å². The van der Waals surface area contributed by atoms with Crippen LogP contribution in [0, 0.1) is 0 Å². The molecule has 350 valence electrons. The minimum Gasteiger partial charge on any atom is -0.756 e. The van der Waals surface area contributed by atoms with E-state index in [0.29, 0.717) is 17.4 Å². The molecule has 0 aromatic heterocycles. The Morgan fingerprint density at radius 1 is 0.583 bits per heavy atom. The third-order valence-corrected chi connectivity index (χ3v) is 11.7. The number of phosphoric acid groups is 1. The lowest BCUT2D eigenvalue weighted by Gasteiger charge is -2.29. The summed E-state index contributed by atoms with van der Waals surface area (Å²) in [4.78, 5) is 25.4. The number of nitrogens with zero attached hydrogens (tertiary/aromatic N) is 1. The average Bonchev–Trinajstić information content (AvgIpc) is 3.20. The molecule has 3 atom stereocenters. The topological polar surface area (TPSA) is 108 Å². The van der Waals surface area contributed by atoms with Gasteiger partial charge in [0.15, 0.2) is 0 Å². The maximum Gasteiger partial charge on any atom is 0.268 e. The molecule has 0 heterocycles. The third kappa shape index (κ3) is 44.3. The lowest BCUT2D eigenvalue weighted by atomic mass is 10.1. The number of phosphoric ester groups is 1. The number of hydrogen-bond donors (Lipinski definition) is 2. The van der Waals surface area contributed by atoms with Crippen molar-refractivity contribution in [3.05, 3.63) is 60.8 Å². The van der Waals surface area contributed by atoms with Crippen LogP contribution in [0.5, 0.6) is 0 Å². The average molecular weight is 863 g/mol. The molecule has 0 fully saturated rings. The normalized spacial score (nSPS) is 14.7. The van der Waals surface area contributed by atoms with Crippen molar-refractivity contribution in [3.8, 4) is 0 Å². The van der Waals surface area contributed by atoms with Gasteiger partial charge in [0.2, 0.25) is 5.91 Å². The standard InChI is InChI=1S/C51H95N2O6P/c1-6-8-10-12-14-16-18-20-22-23-24-25-26-27-28-29-31-33-35-37-39-41-43-45-51(55)52-49(48-59-60(56,57)58-47-46-53(3,4)5)50(54)44-42-40-38-36-34-32-30-21-19-17-15-13-11-9-7-2/h18,20,23-24,26-27,34,36,42,44,49-50,54H,6-17,19,21-22,25,28-33,35,37-41,43,45-48H2,1-5H3,(H-,52,55,56,57)/b20-18-,24-23-,27-26-,36-34+,44-42+. The van der Waals surface area contributed by atoms with Crippen molar-refractivity contribution in [2.45, 2.75) is 219 Å². The second-order valence-corrected chi connectivity index (χ2v) is 19.2. The number of carbonyl (C=O) groups excluding carboxylic acids is 1. The third-order valence-electron chi connectivity index (χ3n) is 10.7. The number of aliphatic hydroxyl groups excluding tert-OH is 1. The van der Waals surface area contributed by atoms with Gasteiger partial charge in [-0.3, -0.25) is 9.36 Å². The van der Waals surface area contributed by atoms with Gasteiger partial charge in [0.25, 0.3) is 7.82 Å². The fourth-order valence-corrected chi connectivity index (χ4v) is 7.49. The summed E-state index contributed by atoms with van der Waals surface area (Å²) in [5.74, 6) is -0.217. The number of allylic oxidation sites excluding steroid dienone is 9. The van der Waals surface area contributed by atoms with Gasteiger partial charge in [-0.1, -0.05) is 190 Å². The van der Waals surface area contributed by atoms with Crippen molar-refractivity contribution in [1.82, 2.24) is 5.32 Å². The highest BCUT2D eigenvalue weighted by Gasteiger charge is 2.23. The zero-order chi connectivity index (χ0) is 44.3. The van der Waals surface area contributed by atoms with Crippen molar-refractivity contribution in [1.29, 1.82) is 0 Å². The van der Waals surface area contributed by atoms with E-state index in [0.717, 1.165) is 64.2 Å². The summed E-state index contributed by atoms with van der Waals surface area (Å²) in [5, 5.41) is 13.8. The molecular weight excluding hydrogens is 768 g/mol. The van der Waals surface area contributed by atoms with Crippen LogP contribution in [-0.2, 0) is 18.4 Å². The summed E-state index contributed by atoms with van der Waals surface area (Å²) in [6, 6.07) is -0.909. The number of unbranched alkanes of at least 4 members (excludes halogenated alkanes) is 23. The second kappa shape index (κ2) is 42.5. The molecule has 8 nitrogen and oxygen atoms in total. The van der Waals surface area contributed by atoms with Gasteiger partial charge in [-0.25, -0.2) is 0 Å². The minimum atomic E-state index is -4.60. The molecule has 9 heteroatoms. The summed E-state index contributed by atoms with van der Waals surface area (Å²) in [6.45, 7) is 4.60. The van der Waals surface area contributed by atoms with Gasteiger partial charge in [0.05, 0.1) is 39.9 Å². The Morgan fingerprint density at radius 2 is 0.983 bits per heavy atom. The summed E-state index contributed by atoms with van der Waals surface area (Å²) in [5.41, 5.74) is 0. The van der Waals surface area contributed by atoms with Crippen molar-refractivity contribution in [2.24, 2.45) is 0 Å². The largest absolute Gasteiger partial charge is 0.756 e. The molecule has 0 rings (SSSR count). The number of amides is 1. The van der Waals surface area contributed by atoms with Crippen molar-refractivity contribution in [3.63, 3.8) is 0 Å². The maximum absolute atomic E-state index is 12.9. The van der Waals surface area contributed by atoms with Gasteiger partial charge >= 0.3 is 0 Å². The summed E-state index contributed by atoms with van der Waals surface area (Å²) < 4.78 is 23.2. The Morgan fingerprint density at radius 3 is 1.47 bits per heavy atom. The van der Waals surface area contributed by atoms with Crippen LogP contribution < -0.4 is 10.2 Å². The first-order chi connectivity index (χ1) is 29.0. The van der Waals surface area contributed by atoms with Gasteiger partial charge in [0, 0.05) is 6.42 Å². The van der Waals surface area contributed by atoms with Crippen molar-refractivity contribution >= 4 is 13.7 Å². The Labute approximate surface area is 371 Å². The van der Waals surface area contributed by atoms with Gasteiger partial charge in [-0.2, -0.15) is 0 Å². The van der Waals surface area contributed by atoms with Crippen molar-refractivity contribution < 1.29 is 32.9 Å². The first-order valence-electron chi connectivity index (χ1n) is 24.7. The van der Waals surface area contributed by atoms with Crippen LogP contribution in [0.3, 0.4) is 0 Å². The molecule has 0 aliphatic carbocycles. The molecule has 0 aliphatic heterocycles. The highest BCUT2D eigenvalue weighted by Crippen LogP contribution is 2.38. The summed E-state index contributed by atoms with van der Waals surface area (Å²) in [6.07, 6.45) is 55.6. The Hall–Kier alpha value is -1.80. The quantitative estimate of drug-likeness (QED) is 0.0273. The second-order valence-electron chi connectivity index (χ2n) is 17.8. The predicted octanol–water partition coefficient (Wildman–Crippen LogP) is 13.6. The highest BCUT2D eigenvalue weighted by molar-refractivity contribution is 7.45. The molecule has 0 radical (unpaired) electrons. The summed E-state index contributed by atoms with van der Waals surface area (Å²) in [7, 11) is 1.23. The van der Waals surface area contributed by atoms with Crippen LogP contribution in [0.1, 0.15) is 206 Å². The molecule has 0 saturated carbocycles. The zero-order valence-corrected chi connectivity index (χ0v) is 40.5. The van der Waals surface area contributed by atoms with Gasteiger partial charge in [-0.05, 0) is 70.6 Å². The Bertz CT molecular complexity index is 1160. The van der Waals surface area contributed by atoms with Crippen LogP contribution in [-0.4, -0.2) is 68.5 Å². The molecule has 1 amide bonds. The molecule has 0 spiro atoms. The van der Waals surface area contributed by atoms with Crippen LogP contribution in [0.25, 0.3) is 0 Å². The molecule has 60 heavy (non-hydrogen) atoms. The highest BCUT2D eigenvalue weighted by atomic mass is 31.2. The number of hydrogen-bond acceptors (Lipinski definition) is 6. The Balaban J connectivity index is 4.37. The lowest BCUT2D eigenvalue weighted by molar-refractivity contribution is -0.870. The number of nitrogens with one attached hydrogen (secondary N) is 1. The smallest absolute Gasteiger partial charge is 0.268 e. The van der Waals surface area contributed by atoms with Crippen LogP contribution >= 0.6 is 7.82 Å². The predicted molar refractivity (Wildman–Crippen MR) is 256 cm³/mol. The number of likely N-dealkylation sites (N-methyl/N-ethyl adjacent to an activating group) is 1. The molecule has 0 aromatic carbocycles. The van der Waals surface area contributed by atoms with E-state index in [2.05, 4.69) is 67.8 Å². The van der Waals surface area contributed by atoms with Crippen LogP contribution in [0.4, 0.5) is 0 Å². The first kappa shape index (κ1) is 58.2. The van der Waals surface area contributed by atoms with E-state index in [-0.39, 0.29) is 12.5 Å². The SMILES string of the molecule is CCCCCCC/C=C\C/C=C\C/C=C\CCCCCCCCCCC(=O)NC(COP(=O)([O-])OCC[N+](C)(C)C)C(O)/C=C/CC/C=C/CCCCCCCCCCC. The van der Waals surface area contributed by atoms with Gasteiger partial charge < -0.3 is 28.8 Å². The van der Waals surface area contributed by atoms with Gasteiger partial charge in [-0.15, -0.1) is 0 Å². The van der Waals surface area contributed by atoms with E-state index in [1.807, 2.05) is 27.2 Å². The minimum absolute atomic E-state index is 0.0102. The van der Waals surface area contributed by atoms with Crippen LogP contribution in [0.2, 0.25) is 0 Å². The first-order valence-corrected chi connectivity index (χ1v) is 26.1. The number of carbonyl (C=O) groups is 1. The molecule has 0 aromatic rings. The molecule has 0 aliphatic rings. The van der Waals surface area contributed by atoms with Crippen LogP contribution in [0.15, 0.2) is 60.8 Å². The zero-order valence-electron chi connectivity index (χ0n) is 39.6. The fourth-order valence-electron chi connectivity index (χ4n) is 6.76. The number of aliphatic hydroxyl groups is 1. The van der Waals surface area contributed by atoms with Crippen molar-refractivity contribution in [2.75, 3.05) is 40.9 Å². The number of quaternary nitrogens is 1. The van der Waals surface area contributed by atoms with E-state index in [4.69, 9.17) is 9.05 Å². The van der Waals surface area contributed by atoms with Gasteiger partial charge in [0.1, 0.15) is 13.2 Å². The maximum atomic E-state index is 12.9. The molecular formula is C51H95N2O6P. The van der Waals surface area contributed by atoms with E-state index in [9.17, 15) is 19.4 Å². The molecule has 0 saturated heterocycles. The fraction of sp³-hybridized carbons (Fsp3) is 0.784.